The van der Waals surface area contributed by atoms with Crippen molar-refractivity contribution in [2.45, 2.75) is 0 Å². The van der Waals surface area contributed by atoms with Crippen LogP contribution in [0.25, 0.3) is 33.3 Å². The number of pyridine rings is 2. The number of nitrogens with zero attached hydrogens (tertiary/aromatic N) is 3. The molecule has 4 aromatic rings. The maximum absolute atomic E-state index is 5.34. The summed E-state index contributed by atoms with van der Waals surface area (Å²) < 4.78 is 12.7. The van der Waals surface area contributed by atoms with Crippen LogP contribution >= 0.6 is 0 Å². The molecule has 0 unspecified atom stereocenters. The summed E-state index contributed by atoms with van der Waals surface area (Å²) in [6.07, 6.45) is 3.82. The van der Waals surface area contributed by atoms with Gasteiger partial charge in [-0.2, -0.15) is 0 Å². The van der Waals surface area contributed by atoms with Crippen LogP contribution in [0.3, 0.4) is 0 Å². The lowest BCUT2D eigenvalue weighted by Crippen LogP contribution is -1.95. The molecule has 6 nitrogen and oxygen atoms in total. The number of nitrogens with one attached hydrogen (secondary N) is 1. The fourth-order valence-electron chi connectivity index (χ4n) is 2.85. The summed E-state index contributed by atoms with van der Waals surface area (Å²) in [6.45, 7) is 0. The van der Waals surface area contributed by atoms with E-state index in [0.717, 1.165) is 33.3 Å². The minimum Gasteiger partial charge on any atom is -0.491 e. The van der Waals surface area contributed by atoms with Gasteiger partial charge < -0.3 is 19.0 Å². The van der Waals surface area contributed by atoms with Crippen molar-refractivity contribution < 1.29 is 9.47 Å². The first-order valence-corrected chi connectivity index (χ1v) is 7.23. The van der Waals surface area contributed by atoms with Crippen LogP contribution in [-0.2, 0) is 7.05 Å². The van der Waals surface area contributed by atoms with E-state index in [1.165, 1.54) is 0 Å². The zero-order chi connectivity index (χ0) is 16.0. The molecule has 4 heterocycles. The first kappa shape index (κ1) is 13.6. The SMILES string of the molecule is COc1cc2c(nc1OC)c(-c1cc3cccnc3[nH]1)cn2C. The van der Waals surface area contributed by atoms with Crippen molar-refractivity contribution in [3.05, 3.63) is 36.7 Å². The van der Waals surface area contributed by atoms with Crippen LogP contribution in [-0.4, -0.2) is 33.7 Å². The number of fused-ring (bicyclic) bond motifs is 2. The van der Waals surface area contributed by atoms with E-state index >= 15 is 0 Å². The monoisotopic (exact) mass is 308 g/mol. The molecule has 0 atom stereocenters. The van der Waals surface area contributed by atoms with E-state index in [1.807, 2.05) is 36.0 Å². The highest BCUT2D eigenvalue weighted by molar-refractivity contribution is 5.96. The standard InChI is InChI=1S/C17H16N4O2/c1-21-9-11(12-7-10-5-4-6-18-16(10)19-12)15-13(21)8-14(22-2)17(20-15)23-3/h4-9H,1-3H3,(H,18,19). The predicted molar refractivity (Wildman–Crippen MR) is 88.9 cm³/mol. The van der Waals surface area contributed by atoms with Gasteiger partial charge in [0.25, 0.3) is 5.88 Å². The van der Waals surface area contributed by atoms with Crippen LogP contribution in [0.1, 0.15) is 0 Å². The number of ether oxygens (including phenoxy) is 2. The molecule has 4 rings (SSSR count). The normalized spacial score (nSPS) is 11.3. The zero-order valence-corrected chi connectivity index (χ0v) is 13.1. The number of aromatic amines is 1. The third kappa shape index (κ3) is 2.03. The van der Waals surface area contributed by atoms with Gasteiger partial charge >= 0.3 is 0 Å². The molecule has 116 valence electrons. The second kappa shape index (κ2) is 5.01. The van der Waals surface area contributed by atoms with Crippen LogP contribution in [0, 0.1) is 0 Å². The van der Waals surface area contributed by atoms with Gasteiger partial charge in [-0.1, -0.05) is 0 Å². The van der Waals surface area contributed by atoms with Gasteiger partial charge in [-0.25, -0.2) is 9.97 Å². The molecule has 0 aliphatic rings. The van der Waals surface area contributed by atoms with Crippen molar-refractivity contribution in [1.29, 1.82) is 0 Å². The molecule has 0 radical (unpaired) electrons. The Hall–Kier alpha value is -3.02. The average Bonchev–Trinajstić information content (AvgIpc) is 3.14. The second-order valence-electron chi connectivity index (χ2n) is 5.35. The van der Waals surface area contributed by atoms with Crippen molar-refractivity contribution in [3.63, 3.8) is 0 Å². The van der Waals surface area contributed by atoms with Crippen LogP contribution in [0.5, 0.6) is 11.6 Å². The number of H-pyrrole nitrogens is 1. The van der Waals surface area contributed by atoms with E-state index in [-0.39, 0.29) is 0 Å². The van der Waals surface area contributed by atoms with Gasteiger partial charge in [-0.15, -0.1) is 0 Å². The quantitative estimate of drug-likeness (QED) is 0.631. The van der Waals surface area contributed by atoms with E-state index in [0.29, 0.717) is 11.6 Å². The molecular formula is C17H16N4O2. The molecule has 0 saturated carbocycles. The second-order valence-corrected chi connectivity index (χ2v) is 5.35. The summed E-state index contributed by atoms with van der Waals surface area (Å²) in [4.78, 5) is 12.3. The number of methoxy groups -OCH3 is 2. The highest BCUT2D eigenvalue weighted by Gasteiger charge is 2.16. The van der Waals surface area contributed by atoms with Crippen molar-refractivity contribution >= 4 is 22.1 Å². The molecule has 0 amide bonds. The highest BCUT2D eigenvalue weighted by Crippen LogP contribution is 2.35. The Morgan fingerprint density at radius 2 is 2.04 bits per heavy atom. The van der Waals surface area contributed by atoms with Gasteiger partial charge in [0, 0.05) is 36.5 Å². The van der Waals surface area contributed by atoms with Crippen LogP contribution < -0.4 is 9.47 Å². The van der Waals surface area contributed by atoms with Gasteiger partial charge in [0.1, 0.15) is 11.2 Å². The van der Waals surface area contributed by atoms with Crippen LogP contribution in [0.2, 0.25) is 0 Å². The number of hydrogen-bond donors (Lipinski definition) is 1. The summed E-state index contributed by atoms with van der Waals surface area (Å²) in [5, 5.41) is 1.07. The van der Waals surface area contributed by atoms with Gasteiger partial charge in [0.15, 0.2) is 5.75 Å². The van der Waals surface area contributed by atoms with Crippen molar-refractivity contribution in [3.8, 4) is 22.9 Å². The lowest BCUT2D eigenvalue weighted by atomic mass is 10.2. The summed E-state index contributed by atoms with van der Waals surface area (Å²) in [5.74, 6) is 1.09. The number of aryl methyl sites for hydroxylation is 1. The molecule has 0 aliphatic heterocycles. The fourth-order valence-corrected chi connectivity index (χ4v) is 2.85. The molecule has 1 N–H and O–H groups in total. The Morgan fingerprint density at radius 3 is 2.78 bits per heavy atom. The minimum atomic E-state index is 0.474. The lowest BCUT2D eigenvalue weighted by Gasteiger charge is -2.07. The summed E-state index contributed by atoms with van der Waals surface area (Å²) in [7, 11) is 5.19. The van der Waals surface area contributed by atoms with E-state index in [1.54, 1.807) is 20.4 Å². The van der Waals surface area contributed by atoms with Gasteiger partial charge in [-0.3, -0.25) is 0 Å². The third-order valence-corrected chi connectivity index (χ3v) is 3.99. The molecule has 0 aromatic carbocycles. The molecule has 0 fully saturated rings. The predicted octanol–water partition coefficient (Wildman–Crippen LogP) is 3.13. The van der Waals surface area contributed by atoms with Gasteiger partial charge in [0.05, 0.1) is 25.4 Å². The smallest absolute Gasteiger partial charge is 0.257 e. The highest BCUT2D eigenvalue weighted by atomic mass is 16.5. The maximum atomic E-state index is 5.34. The molecule has 0 spiro atoms. The van der Waals surface area contributed by atoms with Crippen molar-refractivity contribution in [2.24, 2.45) is 7.05 Å². The Kier molecular flexibility index (Phi) is 2.97. The fraction of sp³-hybridized carbons (Fsp3) is 0.176. The average molecular weight is 308 g/mol. The number of aromatic nitrogens is 4. The van der Waals surface area contributed by atoms with Crippen molar-refractivity contribution in [2.75, 3.05) is 14.2 Å². The van der Waals surface area contributed by atoms with E-state index < -0.39 is 0 Å². The molecule has 0 bridgehead atoms. The lowest BCUT2D eigenvalue weighted by molar-refractivity contribution is 0.344. The van der Waals surface area contributed by atoms with Crippen LogP contribution in [0.4, 0.5) is 0 Å². The molecule has 23 heavy (non-hydrogen) atoms. The van der Waals surface area contributed by atoms with E-state index in [9.17, 15) is 0 Å². The topological polar surface area (TPSA) is 65.0 Å². The Labute approximate surface area is 132 Å². The number of hydrogen-bond acceptors (Lipinski definition) is 4. The number of rotatable bonds is 3. The molecule has 0 aliphatic carbocycles. The zero-order valence-electron chi connectivity index (χ0n) is 13.1. The maximum Gasteiger partial charge on any atom is 0.257 e. The van der Waals surface area contributed by atoms with Gasteiger partial charge in [-0.05, 0) is 18.2 Å². The molecule has 0 saturated heterocycles. The summed E-state index contributed by atoms with van der Waals surface area (Å²) in [6, 6.07) is 7.97. The molecular weight excluding hydrogens is 292 g/mol. The van der Waals surface area contributed by atoms with E-state index in [4.69, 9.17) is 9.47 Å². The van der Waals surface area contributed by atoms with Crippen LogP contribution in [0.15, 0.2) is 36.7 Å². The summed E-state index contributed by atoms with van der Waals surface area (Å²) in [5.41, 5.74) is 4.67. The first-order valence-electron chi connectivity index (χ1n) is 7.23. The Balaban J connectivity index is 1.99. The Bertz CT molecular complexity index is 983. The Morgan fingerprint density at radius 1 is 1.17 bits per heavy atom. The largest absolute Gasteiger partial charge is 0.491 e. The molecule has 4 aromatic heterocycles. The minimum absolute atomic E-state index is 0.474. The summed E-state index contributed by atoms with van der Waals surface area (Å²) >= 11 is 0. The third-order valence-electron chi connectivity index (χ3n) is 3.99. The molecule has 6 heteroatoms. The van der Waals surface area contributed by atoms with Crippen molar-refractivity contribution in [1.82, 2.24) is 19.5 Å². The van der Waals surface area contributed by atoms with Gasteiger partial charge in [0.2, 0.25) is 0 Å². The first-order chi connectivity index (χ1) is 11.2. The van der Waals surface area contributed by atoms with E-state index in [2.05, 4.69) is 21.0 Å².